The Morgan fingerprint density at radius 2 is 1.12 bits per heavy atom. The van der Waals surface area contributed by atoms with Crippen molar-refractivity contribution in [1.82, 2.24) is 0 Å². The van der Waals surface area contributed by atoms with E-state index in [4.69, 9.17) is 30.3 Å². The lowest BCUT2D eigenvalue weighted by Gasteiger charge is -1.97. The third-order valence-corrected chi connectivity index (χ3v) is 1.08. The first-order chi connectivity index (χ1) is 7.74. The lowest BCUT2D eigenvalue weighted by atomic mass is 10.4. The van der Waals surface area contributed by atoms with Crippen LogP contribution < -0.4 is 0 Å². The van der Waals surface area contributed by atoms with E-state index in [0.717, 1.165) is 19.4 Å². The number of aliphatic hydroxyl groups is 5. The van der Waals surface area contributed by atoms with Crippen LogP contribution in [0, 0.1) is 0 Å². The lowest BCUT2D eigenvalue weighted by Crippen LogP contribution is -1.99. The van der Waals surface area contributed by atoms with Crippen LogP contribution in [0.1, 0.15) is 19.8 Å². The molecule has 6 nitrogen and oxygen atoms in total. The van der Waals surface area contributed by atoms with Crippen molar-refractivity contribution in [3.8, 4) is 0 Å². The molecule has 0 fully saturated rings. The maximum Gasteiger partial charge on any atom is 0.0697 e. The summed E-state index contributed by atoms with van der Waals surface area (Å²) in [5.41, 5.74) is 0. The Balaban J connectivity index is -0.000000179. The molecule has 0 aliphatic carbocycles. The van der Waals surface area contributed by atoms with Crippen molar-refractivity contribution in [2.45, 2.75) is 19.8 Å². The van der Waals surface area contributed by atoms with Crippen LogP contribution in [0.5, 0.6) is 0 Å². The minimum absolute atomic E-state index is 0.125. The van der Waals surface area contributed by atoms with E-state index in [0.29, 0.717) is 6.61 Å². The fourth-order valence-electron chi connectivity index (χ4n) is 0.413. The SMILES string of the molecule is CCCCOCCO.OCCO.OCCO. The zero-order chi connectivity index (χ0) is 13.1. The Hall–Kier alpha value is -0.240. The van der Waals surface area contributed by atoms with Gasteiger partial charge in [-0.3, -0.25) is 0 Å². The van der Waals surface area contributed by atoms with Crippen molar-refractivity contribution < 1.29 is 30.3 Å². The first-order valence-electron chi connectivity index (χ1n) is 5.37. The Labute approximate surface area is 97.1 Å². The molecule has 0 aliphatic rings. The van der Waals surface area contributed by atoms with Crippen LogP contribution in [-0.2, 0) is 4.74 Å². The molecular weight excluding hydrogens is 216 g/mol. The van der Waals surface area contributed by atoms with Crippen molar-refractivity contribution in [2.75, 3.05) is 46.2 Å². The molecule has 0 aromatic heterocycles. The Kier molecular flexibility index (Phi) is 38.7. The van der Waals surface area contributed by atoms with E-state index in [2.05, 4.69) is 6.92 Å². The van der Waals surface area contributed by atoms with Gasteiger partial charge in [0.1, 0.15) is 0 Å². The third-order valence-electron chi connectivity index (χ3n) is 1.08. The highest BCUT2D eigenvalue weighted by Gasteiger charge is 1.82. The molecule has 0 bridgehead atoms. The molecule has 0 saturated heterocycles. The van der Waals surface area contributed by atoms with E-state index in [9.17, 15) is 0 Å². The molecule has 0 saturated carbocycles. The van der Waals surface area contributed by atoms with E-state index in [1.54, 1.807) is 0 Å². The molecule has 0 heterocycles. The Morgan fingerprint density at radius 1 is 0.688 bits per heavy atom. The van der Waals surface area contributed by atoms with Gasteiger partial charge in [0.2, 0.25) is 0 Å². The van der Waals surface area contributed by atoms with Crippen molar-refractivity contribution in [2.24, 2.45) is 0 Å². The summed E-state index contributed by atoms with van der Waals surface area (Å²) >= 11 is 0. The van der Waals surface area contributed by atoms with Crippen molar-refractivity contribution in [3.05, 3.63) is 0 Å². The highest BCUT2D eigenvalue weighted by molar-refractivity contribution is 4.30. The van der Waals surface area contributed by atoms with Gasteiger partial charge >= 0.3 is 0 Å². The minimum Gasteiger partial charge on any atom is -0.394 e. The van der Waals surface area contributed by atoms with Gasteiger partial charge < -0.3 is 30.3 Å². The van der Waals surface area contributed by atoms with E-state index in [1.165, 1.54) is 0 Å². The Bertz CT molecular complexity index is 67.7. The smallest absolute Gasteiger partial charge is 0.0697 e. The van der Waals surface area contributed by atoms with Crippen LogP contribution in [0.4, 0.5) is 0 Å². The van der Waals surface area contributed by atoms with Gasteiger partial charge in [0, 0.05) is 6.61 Å². The van der Waals surface area contributed by atoms with Crippen LogP contribution >= 0.6 is 0 Å². The minimum atomic E-state index is -0.125. The standard InChI is InChI=1S/C6H14O2.2C2H6O2/c1-2-3-5-8-6-4-7;2*3-1-2-4/h7H,2-6H2,1H3;2*3-4H,1-2H2. The van der Waals surface area contributed by atoms with Gasteiger partial charge in [0.25, 0.3) is 0 Å². The summed E-state index contributed by atoms with van der Waals surface area (Å²) in [4.78, 5) is 0. The quantitative estimate of drug-likeness (QED) is 0.356. The summed E-state index contributed by atoms with van der Waals surface area (Å²) in [6.45, 7) is 3.03. The van der Waals surface area contributed by atoms with Crippen LogP contribution in [0.3, 0.4) is 0 Å². The van der Waals surface area contributed by atoms with E-state index >= 15 is 0 Å². The molecule has 0 amide bonds. The van der Waals surface area contributed by atoms with Crippen molar-refractivity contribution in [3.63, 3.8) is 0 Å². The number of ether oxygens (including phenoxy) is 1. The number of aliphatic hydroxyl groups excluding tert-OH is 5. The largest absolute Gasteiger partial charge is 0.394 e. The second-order valence-corrected chi connectivity index (χ2v) is 2.58. The average Bonchev–Trinajstić information content (AvgIpc) is 2.35. The highest BCUT2D eigenvalue weighted by Crippen LogP contribution is 1.85. The number of hydrogen-bond donors (Lipinski definition) is 5. The number of hydrogen-bond acceptors (Lipinski definition) is 6. The predicted octanol–water partition coefficient (Wildman–Crippen LogP) is -1.26. The molecule has 5 N–H and O–H groups in total. The monoisotopic (exact) mass is 242 g/mol. The summed E-state index contributed by atoms with van der Waals surface area (Å²) < 4.78 is 4.97. The second-order valence-electron chi connectivity index (χ2n) is 2.58. The average molecular weight is 242 g/mol. The molecular formula is C10H26O6. The number of unbranched alkanes of at least 4 members (excludes halogenated alkanes) is 1. The summed E-state index contributed by atoms with van der Waals surface area (Å²) in [7, 11) is 0. The molecule has 0 aliphatic heterocycles. The molecule has 6 heteroatoms. The third kappa shape index (κ3) is 49.0. The van der Waals surface area contributed by atoms with E-state index in [1.807, 2.05) is 0 Å². The topological polar surface area (TPSA) is 110 Å². The van der Waals surface area contributed by atoms with Crippen LogP contribution in [0.15, 0.2) is 0 Å². The fourth-order valence-corrected chi connectivity index (χ4v) is 0.413. The summed E-state index contributed by atoms with van der Waals surface area (Å²) in [6.07, 6.45) is 2.26. The highest BCUT2D eigenvalue weighted by atomic mass is 16.5. The number of rotatable bonds is 7. The molecule has 0 unspecified atom stereocenters. The van der Waals surface area contributed by atoms with Gasteiger partial charge in [-0.05, 0) is 6.42 Å². The molecule has 0 spiro atoms. The molecule has 16 heavy (non-hydrogen) atoms. The molecule has 102 valence electrons. The second kappa shape index (κ2) is 29.3. The van der Waals surface area contributed by atoms with Gasteiger partial charge in [-0.1, -0.05) is 13.3 Å². The predicted molar refractivity (Wildman–Crippen MR) is 61.2 cm³/mol. The van der Waals surface area contributed by atoms with Crippen LogP contribution in [-0.4, -0.2) is 71.8 Å². The summed E-state index contributed by atoms with van der Waals surface area (Å²) in [5, 5.41) is 38.7. The maximum atomic E-state index is 8.24. The van der Waals surface area contributed by atoms with Gasteiger partial charge in [-0.2, -0.15) is 0 Å². The van der Waals surface area contributed by atoms with Crippen molar-refractivity contribution in [1.29, 1.82) is 0 Å². The molecule has 0 atom stereocenters. The molecule has 0 rings (SSSR count). The van der Waals surface area contributed by atoms with Gasteiger partial charge in [0.15, 0.2) is 0 Å². The first kappa shape index (κ1) is 21.1. The maximum absolute atomic E-state index is 8.24. The zero-order valence-electron chi connectivity index (χ0n) is 10.0. The first-order valence-corrected chi connectivity index (χ1v) is 5.37. The lowest BCUT2D eigenvalue weighted by molar-refractivity contribution is 0.0904. The van der Waals surface area contributed by atoms with Crippen molar-refractivity contribution >= 4 is 0 Å². The Morgan fingerprint density at radius 3 is 1.38 bits per heavy atom. The van der Waals surface area contributed by atoms with Gasteiger partial charge in [0.05, 0.1) is 39.6 Å². The summed E-state index contributed by atoms with van der Waals surface area (Å²) in [5.74, 6) is 0. The van der Waals surface area contributed by atoms with Crippen LogP contribution in [0.25, 0.3) is 0 Å². The zero-order valence-corrected chi connectivity index (χ0v) is 10.0. The van der Waals surface area contributed by atoms with E-state index in [-0.39, 0.29) is 33.0 Å². The fraction of sp³-hybridized carbons (Fsp3) is 1.00. The van der Waals surface area contributed by atoms with Crippen LogP contribution in [0.2, 0.25) is 0 Å². The van der Waals surface area contributed by atoms with E-state index < -0.39 is 0 Å². The molecule has 0 aromatic rings. The summed E-state index contributed by atoms with van der Waals surface area (Å²) in [6, 6.07) is 0. The normalized spacial score (nSPS) is 8.62. The van der Waals surface area contributed by atoms with Gasteiger partial charge in [-0.15, -0.1) is 0 Å². The van der Waals surface area contributed by atoms with Gasteiger partial charge in [-0.25, -0.2) is 0 Å². The molecule has 0 radical (unpaired) electrons. The molecule has 0 aromatic carbocycles.